The highest BCUT2D eigenvalue weighted by Gasteiger charge is 2.34. The van der Waals surface area contributed by atoms with Crippen molar-refractivity contribution in [3.05, 3.63) is 18.2 Å². The number of Topliss-reactive ketones (excluding diaryl/α,β-unsaturated/α-hetero) is 1. The monoisotopic (exact) mass is 221 g/mol. The molecule has 0 aliphatic heterocycles. The Morgan fingerprint density at radius 1 is 1.62 bits per heavy atom. The number of nitrogens with zero attached hydrogens (tertiary/aromatic N) is 2. The summed E-state index contributed by atoms with van der Waals surface area (Å²) in [7, 11) is 0. The minimum Gasteiger partial charge on any atom is -0.335 e. The fourth-order valence-corrected chi connectivity index (χ4v) is 2.23. The molecule has 4 nitrogen and oxygen atoms in total. The van der Waals surface area contributed by atoms with Crippen LogP contribution in [0.4, 0.5) is 0 Å². The van der Waals surface area contributed by atoms with Gasteiger partial charge < -0.3 is 10.3 Å². The van der Waals surface area contributed by atoms with Gasteiger partial charge in [-0.15, -0.1) is 0 Å². The van der Waals surface area contributed by atoms with Gasteiger partial charge in [0.05, 0.1) is 6.42 Å². The zero-order chi connectivity index (χ0) is 11.6. The molecule has 16 heavy (non-hydrogen) atoms. The molecule has 0 saturated heterocycles. The molecule has 1 saturated carbocycles. The Hall–Kier alpha value is -1.16. The second-order valence-corrected chi connectivity index (χ2v) is 4.74. The van der Waals surface area contributed by atoms with Crippen molar-refractivity contribution < 1.29 is 4.79 Å². The lowest BCUT2D eigenvalue weighted by atomic mass is 9.74. The second kappa shape index (κ2) is 4.37. The van der Waals surface area contributed by atoms with Crippen molar-refractivity contribution in [1.29, 1.82) is 0 Å². The highest BCUT2D eigenvalue weighted by Crippen LogP contribution is 2.32. The third-order valence-corrected chi connectivity index (χ3v) is 3.40. The zero-order valence-electron chi connectivity index (χ0n) is 9.78. The molecule has 1 heterocycles. The van der Waals surface area contributed by atoms with E-state index >= 15 is 0 Å². The molecule has 1 aromatic heterocycles. The van der Waals surface area contributed by atoms with E-state index in [1.165, 1.54) is 0 Å². The van der Waals surface area contributed by atoms with Crippen molar-refractivity contribution in [3.63, 3.8) is 0 Å². The fourth-order valence-electron chi connectivity index (χ4n) is 2.23. The number of hydrogen-bond donors (Lipinski definition) is 1. The number of aromatic nitrogens is 2. The molecule has 0 spiro atoms. The molecule has 0 unspecified atom stereocenters. The standard InChI is InChI=1S/C12H19N3O/c1-2-15-7-6-14-11(15)8-10(16)9-12(13)4-3-5-12/h6-7H,2-5,8-9,13H2,1H3. The van der Waals surface area contributed by atoms with Crippen LogP contribution in [0.5, 0.6) is 0 Å². The number of aryl methyl sites for hydroxylation is 1. The summed E-state index contributed by atoms with van der Waals surface area (Å²) in [6, 6.07) is 0. The minimum atomic E-state index is -0.208. The molecule has 0 aromatic carbocycles. The topological polar surface area (TPSA) is 60.9 Å². The van der Waals surface area contributed by atoms with Crippen LogP contribution in [-0.2, 0) is 17.8 Å². The predicted octanol–water partition coefficient (Wildman–Crippen LogP) is 1.29. The summed E-state index contributed by atoms with van der Waals surface area (Å²) in [6.45, 7) is 2.91. The van der Waals surface area contributed by atoms with E-state index in [2.05, 4.69) is 4.98 Å². The fraction of sp³-hybridized carbons (Fsp3) is 0.667. The van der Waals surface area contributed by atoms with Gasteiger partial charge >= 0.3 is 0 Å². The third-order valence-electron chi connectivity index (χ3n) is 3.40. The van der Waals surface area contributed by atoms with Crippen LogP contribution in [0.3, 0.4) is 0 Å². The maximum atomic E-state index is 11.9. The van der Waals surface area contributed by atoms with Crippen LogP contribution in [0.2, 0.25) is 0 Å². The Balaban J connectivity index is 1.92. The first-order chi connectivity index (χ1) is 7.63. The molecule has 1 aliphatic rings. The average Bonchev–Trinajstić information content (AvgIpc) is 2.62. The molecule has 0 bridgehead atoms. The molecular weight excluding hydrogens is 202 g/mol. The Morgan fingerprint density at radius 3 is 2.94 bits per heavy atom. The van der Waals surface area contributed by atoms with Gasteiger partial charge in [0.15, 0.2) is 0 Å². The smallest absolute Gasteiger partial charge is 0.142 e. The molecule has 1 fully saturated rings. The predicted molar refractivity (Wildman–Crippen MR) is 62.0 cm³/mol. The Bertz CT molecular complexity index is 379. The molecule has 2 N–H and O–H groups in total. The molecule has 0 amide bonds. The van der Waals surface area contributed by atoms with E-state index in [-0.39, 0.29) is 11.3 Å². The van der Waals surface area contributed by atoms with Gasteiger partial charge in [0.1, 0.15) is 11.6 Å². The Kier molecular flexibility index (Phi) is 3.10. The van der Waals surface area contributed by atoms with Gasteiger partial charge in [-0.05, 0) is 26.2 Å². The maximum absolute atomic E-state index is 11.9. The highest BCUT2D eigenvalue weighted by atomic mass is 16.1. The zero-order valence-corrected chi connectivity index (χ0v) is 9.78. The van der Waals surface area contributed by atoms with E-state index < -0.39 is 0 Å². The number of nitrogens with two attached hydrogens (primary N) is 1. The SMILES string of the molecule is CCn1ccnc1CC(=O)CC1(N)CCC1. The van der Waals surface area contributed by atoms with Crippen molar-refractivity contribution >= 4 is 5.78 Å². The number of carbonyl (C=O) groups is 1. The largest absolute Gasteiger partial charge is 0.335 e. The molecule has 4 heteroatoms. The van der Waals surface area contributed by atoms with Crippen LogP contribution in [0.25, 0.3) is 0 Å². The van der Waals surface area contributed by atoms with Gasteiger partial charge in [-0.2, -0.15) is 0 Å². The van der Waals surface area contributed by atoms with E-state index in [0.717, 1.165) is 31.6 Å². The van der Waals surface area contributed by atoms with Gasteiger partial charge in [-0.1, -0.05) is 0 Å². The molecular formula is C12H19N3O. The summed E-state index contributed by atoms with van der Waals surface area (Å²) >= 11 is 0. The lowest BCUT2D eigenvalue weighted by Crippen LogP contribution is -2.48. The minimum absolute atomic E-state index is 0.208. The molecule has 1 aliphatic carbocycles. The maximum Gasteiger partial charge on any atom is 0.142 e. The summed E-state index contributed by atoms with van der Waals surface area (Å²) in [5.41, 5.74) is 5.85. The van der Waals surface area contributed by atoms with E-state index in [9.17, 15) is 4.79 Å². The average molecular weight is 221 g/mol. The van der Waals surface area contributed by atoms with Crippen molar-refractivity contribution in [2.45, 2.75) is 51.1 Å². The third kappa shape index (κ3) is 2.32. The molecule has 1 aromatic rings. The number of ketones is 1. The van der Waals surface area contributed by atoms with Crippen molar-refractivity contribution in [2.24, 2.45) is 5.73 Å². The first kappa shape index (κ1) is 11.3. The van der Waals surface area contributed by atoms with Crippen LogP contribution < -0.4 is 5.73 Å². The van der Waals surface area contributed by atoms with Crippen LogP contribution >= 0.6 is 0 Å². The quantitative estimate of drug-likeness (QED) is 0.815. The number of imidazole rings is 1. The first-order valence-corrected chi connectivity index (χ1v) is 5.93. The lowest BCUT2D eigenvalue weighted by molar-refractivity contribution is -0.120. The highest BCUT2D eigenvalue weighted by molar-refractivity contribution is 5.81. The first-order valence-electron chi connectivity index (χ1n) is 5.93. The molecule has 88 valence electrons. The Labute approximate surface area is 95.9 Å². The second-order valence-electron chi connectivity index (χ2n) is 4.74. The van der Waals surface area contributed by atoms with Gasteiger partial charge in [-0.25, -0.2) is 4.98 Å². The van der Waals surface area contributed by atoms with Gasteiger partial charge in [-0.3, -0.25) is 4.79 Å². The molecule has 0 atom stereocenters. The van der Waals surface area contributed by atoms with E-state index in [0.29, 0.717) is 12.8 Å². The van der Waals surface area contributed by atoms with Crippen LogP contribution in [0.15, 0.2) is 12.4 Å². The van der Waals surface area contributed by atoms with Gasteiger partial charge in [0.25, 0.3) is 0 Å². The van der Waals surface area contributed by atoms with Crippen molar-refractivity contribution in [1.82, 2.24) is 9.55 Å². The van der Waals surface area contributed by atoms with E-state index in [1.54, 1.807) is 6.20 Å². The van der Waals surface area contributed by atoms with Crippen molar-refractivity contribution in [3.8, 4) is 0 Å². The summed E-state index contributed by atoms with van der Waals surface area (Å²) in [5.74, 6) is 1.07. The van der Waals surface area contributed by atoms with Crippen LogP contribution in [0, 0.1) is 0 Å². The lowest BCUT2D eigenvalue weighted by Gasteiger charge is -2.37. The summed E-state index contributed by atoms with van der Waals surface area (Å²) in [6.07, 6.45) is 7.70. The number of rotatable bonds is 5. The van der Waals surface area contributed by atoms with E-state index in [1.807, 2.05) is 17.7 Å². The summed E-state index contributed by atoms with van der Waals surface area (Å²) in [5, 5.41) is 0. The normalized spacial score (nSPS) is 18.1. The molecule has 2 rings (SSSR count). The van der Waals surface area contributed by atoms with Crippen LogP contribution in [0.1, 0.15) is 38.4 Å². The number of carbonyl (C=O) groups excluding carboxylic acids is 1. The van der Waals surface area contributed by atoms with Crippen LogP contribution in [-0.4, -0.2) is 20.9 Å². The molecule has 0 radical (unpaired) electrons. The Morgan fingerprint density at radius 2 is 2.38 bits per heavy atom. The summed E-state index contributed by atoms with van der Waals surface area (Å²) < 4.78 is 2.00. The number of hydrogen-bond acceptors (Lipinski definition) is 3. The van der Waals surface area contributed by atoms with E-state index in [4.69, 9.17) is 5.73 Å². The van der Waals surface area contributed by atoms with Gasteiger partial charge in [0.2, 0.25) is 0 Å². The van der Waals surface area contributed by atoms with Gasteiger partial charge in [0, 0.05) is 30.9 Å². The summed E-state index contributed by atoms with van der Waals surface area (Å²) in [4.78, 5) is 16.1. The van der Waals surface area contributed by atoms with Crippen molar-refractivity contribution in [2.75, 3.05) is 0 Å².